The van der Waals surface area contributed by atoms with E-state index in [1.165, 1.54) is 0 Å². The normalized spacial score (nSPS) is 14.1. The van der Waals surface area contributed by atoms with Crippen molar-refractivity contribution in [3.05, 3.63) is 9.29 Å². The summed E-state index contributed by atoms with van der Waals surface area (Å²) in [4.78, 5) is 4.85. The predicted molar refractivity (Wildman–Crippen MR) is 60.8 cm³/mol. The monoisotopic (exact) mass is 293 g/mol. The molecule has 0 heterocycles. The fraction of sp³-hybridized carbons (Fsp3) is 0.778. The molecule has 0 rings (SSSR count). The molecule has 0 aliphatic carbocycles. The molecule has 3 heteroatoms. The summed E-state index contributed by atoms with van der Waals surface area (Å²) in [5.74, 6) is 0. The fourth-order valence-corrected chi connectivity index (χ4v) is 9.84. The van der Waals surface area contributed by atoms with E-state index in [0.29, 0.717) is 0 Å². The molecule has 0 atom stereocenters. The minimum absolute atomic E-state index is 0.881. The van der Waals surface area contributed by atoms with Crippen LogP contribution in [0.1, 0.15) is 0 Å². The maximum absolute atomic E-state index is 5.21. The Kier molecular flexibility index (Phi) is 5.77. The van der Waals surface area contributed by atoms with Gasteiger partial charge in [0.2, 0.25) is 0 Å². The van der Waals surface area contributed by atoms with Gasteiger partial charge in [-0.2, -0.15) is 0 Å². The van der Waals surface area contributed by atoms with Gasteiger partial charge >= 0.3 is 85.1 Å². The number of hydrogen-bond acceptors (Lipinski definition) is 1. The summed E-state index contributed by atoms with van der Waals surface area (Å²) in [6.45, 7) is 8.03. The van der Waals surface area contributed by atoms with Crippen LogP contribution in [-0.4, -0.2) is 41.6 Å². The summed E-state index contributed by atoms with van der Waals surface area (Å²) in [7, 11) is 0.783. The second-order valence-corrected chi connectivity index (χ2v) is 17.0. The molecule has 0 spiro atoms. The molecule has 0 aromatic carbocycles. The topological polar surface area (TPSA) is 9.23 Å². The molecule has 0 aliphatic rings. The second-order valence-electron chi connectivity index (χ2n) is 4.47. The summed E-state index contributed by atoms with van der Waals surface area (Å²) in [6.07, 6.45) is 0. The summed E-state index contributed by atoms with van der Waals surface area (Å²) >= 11 is -1.15. The van der Waals surface area contributed by atoms with Crippen LogP contribution in [0.2, 0.25) is 29.5 Å². The van der Waals surface area contributed by atoms with Crippen LogP contribution in [0, 0.1) is 0 Å². The molecule has 0 amide bonds. The molecule has 71 valence electrons. The van der Waals surface area contributed by atoms with Gasteiger partial charge in [0.15, 0.2) is 0 Å². The van der Waals surface area contributed by atoms with Crippen molar-refractivity contribution in [2.75, 3.05) is 13.7 Å². The van der Waals surface area contributed by atoms with Crippen molar-refractivity contribution in [2.24, 2.45) is 0 Å². The predicted octanol–water partition coefficient (Wildman–Crippen LogP) is 2.73. The van der Waals surface area contributed by atoms with Crippen LogP contribution in [0.15, 0.2) is 9.29 Å². The second kappa shape index (κ2) is 5.45. The van der Waals surface area contributed by atoms with E-state index in [-0.39, 0.29) is 0 Å². The Labute approximate surface area is 84.9 Å². The van der Waals surface area contributed by atoms with Crippen LogP contribution in [0.4, 0.5) is 0 Å². The maximum atomic E-state index is 5.21. The van der Waals surface area contributed by atoms with E-state index in [1.54, 1.807) is 10.7 Å². The molecule has 0 aromatic heterocycles. The zero-order valence-electron chi connectivity index (χ0n) is 9.19. The third kappa shape index (κ3) is 6.26. The number of ether oxygens (including phenoxy) is 1. The molecule has 0 aromatic rings. The Morgan fingerprint density at radius 1 is 1.33 bits per heavy atom. The molecule has 12 heavy (non-hydrogen) atoms. The van der Waals surface area contributed by atoms with Gasteiger partial charge < -0.3 is 0 Å². The van der Waals surface area contributed by atoms with Crippen molar-refractivity contribution in [2.45, 2.75) is 29.5 Å². The summed E-state index contributed by atoms with van der Waals surface area (Å²) < 4.78 is 6.87. The molecular formula is C9H21OSiSn. The summed E-state index contributed by atoms with van der Waals surface area (Å²) in [5, 5.41) is 0. The van der Waals surface area contributed by atoms with Gasteiger partial charge in [-0.3, -0.25) is 0 Å². The van der Waals surface area contributed by atoms with E-state index < -0.39 is 27.8 Å². The van der Waals surface area contributed by atoms with Crippen molar-refractivity contribution < 1.29 is 4.74 Å². The number of rotatable bonds is 4. The third-order valence-corrected chi connectivity index (χ3v) is 8.08. The van der Waals surface area contributed by atoms with Crippen molar-refractivity contribution in [3.63, 3.8) is 0 Å². The molecule has 0 saturated carbocycles. The van der Waals surface area contributed by atoms with Gasteiger partial charge in [0.1, 0.15) is 0 Å². The Morgan fingerprint density at radius 3 is 2.08 bits per heavy atom. The van der Waals surface area contributed by atoms with Gasteiger partial charge in [-0.1, -0.05) is 0 Å². The van der Waals surface area contributed by atoms with Crippen LogP contribution in [0.5, 0.6) is 0 Å². The van der Waals surface area contributed by atoms with E-state index in [4.69, 9.17) is 4.74 Å². The molecule has 0 unspecified atom stereocenters. The Bertz CT molecular complexity index is 158. The van der Waals surface area contributed by atoms with E-state index in [2.05, 4.69) is 35.2 Å². The summed E-state index contributed by atoms with van der Waals surface area (Å²) in [5.41, 5.74) is 2.53. The Balaban J connectivity index is 4.39. The zero-order valence-corrected chi connectivity index (χ0v) is 13.0. The van der Waals surface area contributed by atoms with Crippen LogP contribution < -0.4 is 0 Å². The molecule has 1 radical (unpaired) electrons. The minimum atomic E-state index is -1.15. The quantitative estimate of drug-likeness (QED) is 0.724. The molecule has 1 nitrogen and oxygen atoms in total. The number of hydrogen-bond donors (Lipinski definition) is 0. The van der Waals surface area contributed by atoms with Crippen molar-refractivity contribution >= 4 is 27.8 Å². The van der Waals surface area contributed by atoms with E-state index in [0.717, 1.165) is 6.61 Å². The summed E-state index contributed by atoms with van der Waals surface area (Å²) in [6, 6.07) is 0. The van der Waals surface area contributed by atoms with Crippen LogP contribution >= 0.6 is 0 Å². The first-order valence-corrected chi connectivity index (χ1v) is 15.1. The van der Waals surface area contributed by atoms with Gasteiger partial charge in [-0.15, -0.1) is 0 Å². The first kappa shape index (κ1) is 12.7. The van der Waals surface area contributed by atoms with Gasteiger partial charge in [-0.05, 0) is 0 Å². The van der Waals surface area contributed by atoms with Gasteiger partial charge in [0, 0.05) is 0 Å². The molecule has 0 fully saturated rings. The van der Waals surface area contributed by atoms with E-state index in [9.17, 15) is 0 Å². The van der Waals surface area contributed by atoms with Gasteiger partial charge in [-0.25, -0.2) is 0 Å². The van der Waals surface area contributed by atoms with Crippen LogP contribution in [0.3, 0.4) is 0 Å². The van der Waals surface area contributed by atoms with Crippen LogP contribution in [0.25, 0.3) is 0 Å². The molecular weight excluding hydrogens is 271 g/mol. The molecule has 0 N–H and O–H groups in total. The van der Waals surface area contributed by atoms with Crippen LogP contribution in [-0.2, 0) is 4.74 Å². The van der Waals surface area contributed by atoms with Crippen molar-refractivity contribution in [3.8, 4) is 0 Å². The van der Waals surface area contributed by atoms with E-state index >= 15 is 0 Å². The SMILES string of the molecule is COC/[C](=C/[Si](C)(C)C)[Sn]([CH3])[CH3]. The van der Waals surface area contributed by atoms with Crippen molar-refractivity contribution in [1.82, 2.24) is 0 Å². The number of methoxy groups -OCH3 is 1. The van der Waals surface area contributed by atoms with Gasteiger partial charge in [0.05, 0.1) is 0 Å². The molecule has 0 aliphatic heterocycles. The first-order valence-electron chi connectivity index (χ1n) is 4.38. The average molecular weight is 292 g/mol. The zero-order chi connectivity index (χ0) is 9.78. The fourth-order valence-electron chi connectivity index (χ4n) is 1.01. The Hall–Kier alpha value is 0.716. The third-order valence-electron chi connectivity index (χ3n) is 1.55. The molecule has 0 saturated heterocycles. The average Bonchev–Trinajstić information content (AvgIpc) is 1.83. The van der Waals surface area contributed by atoms with E-state index in [1.807, 2.05) is 0 Å². The van der Waals surface area contributed by atoms with Crippen molar-refractivity contribution in [1.29, 1.82) is 0 Å². The Morgan fingerprint density at radius 2 is 1.83 bits per heavy atom. The molecule has 0 bridgehead atoms. The standard InChI is InChI=1S/C7H15OSi.2CH3.Sn/c1-8-6-5-7-9(2,3)4;;;/h7H,6H2,1-4H3;2*1H3;. The first-order chi connectivity index (χ1) is 5.37. The van der Waals surface area contributed by atoms with Gasteiger partial charge in [0.25, 0.3) is 0 Å².